The van der Waals surface area contributed by atoms with Crippen LogP contribution in [0, 0.1) is 11.3 Å². The summed E-state index contributed by atoms with van der Waals surface area (Å²) >= 11 is 0. The minimum absolute atomic E-state index is 0.00815. The third-order valence-electron chi connectivity index (χ3n) is 4.95. The van der Waals surface area contributed by atoms with E-state index in [0.717, 1.165) is 51.5 Å². The quantitative estimate of drug-likeness (QED) is 0.837. The molecule has 1 saturated heterocycles. The Morgan fingerprint density at radius 2 is 2.10 bits per heavy atom. The number of carbonyl (C=O) groups is 1. The molecule has 2 fully saturated rings. The molecular weight excluding hydrogens is 254 g/mol. The molecule has 20 heavy (non-hydrogen) atoms. The van der Waals surface area contributed by atoms with Gasteiger partial charge in [0.05, 0.1) is 19.2 Å². The predicted octanol–water partition coefficient (Wildman–Crippen LogP) is 1.13. The van der Waals surface area contributed by atoms with Gasteiger partial charge in [0.1, 0.15) is 5.54 Å². The number of nitriles is 1. The maximum absolute atomic E-state index is 12.5. The first-order chi connectivity index (χ1) is 9.63. The van der Waals surface area contributed by atoms with Gasteiger partial charge in [-0.1, -0.05) is 19.3 Å². The average Bonchev–Trinajstić information content (AvgIpc) is 2.94. The Kier molecular flexibility index (Phi) is 5.00. The Labute approximate surface area is 121 Å². The molecule has 1 aliphatic carbocycles. The number of carbonyl (C=O) groups excluding carboxylic acids is 1. The van der Waals surface area contributed by atoms with Crippen molar-refractivity contribution in [2.75, 3.05) is 26.7 Å². The lowest BCUT2D eigenvalue weighted by Crippen LogP contribution is -2.53. The first-order valence-electron chi connectivity index (χ1n) is 7.66. The summed E-state index contributed by atoms with van der Waals surface area (Å²) in [6, 6.07) is 2.49. The Morgan fingerprint density at radius 3 is 2.70 bits per heavy atom. The number of hydrogen-bond acceptors (Lipinski definition) is 4. The van der Waals surface area contributed by atoms with Crippen LogP contribution in [0.3, 0.4) is 0 Å². The molecule has 1 aliphatic heterocycles. The van der Waals surface area contributed by atoms with Crippen molar-refractivity contribution in [2.24, 2.45) is 0 Å². The van der Waals surface area contributed by atoms with Crippen LogP contribution in [-0.2, 0) is 4.79 Å². The van der Waals surface area contributed by atoms with Crippen molar-refractivity contribution in [1.82, 2.24) is 9.80 Å². The number of aliphatic hydroxyl groups excluding tert-OH is 1. The summed E-state index contributed by atoms with van der Waals surface area (Å²) in [5.41, 5.74) is -0.607. The minimum atomic E-state index is -0.607. The van der Waals surface area contributed by atoms with Gasteiger partial charge in [-0.15, -0.1) is 0 Å². The van der Waals surface area contributed by atoms with E-state index in [1.54, 1.807) is 11.9 Å². The van der Waals surface area contributed by atoms with Gasteiger partial charge in [-0.2, -0.15) is 5.26 Å². The van der Waals surface area contributed by atoms with E-state index in [1.165, 1.54) is 0 Å². The second kappa shape index (κ2) is 6.55. The van der Waals surface area contributed by atoms with Crippen molar-refractivity contribution < 1.29 is 9.90 Å². The van der Waals surface area contributed by atoms with E-state index in [0.29, 0.717) is 6.54 Å². The van der Waals surface area contributed by atoms with Gasteiger partial charge in [0.2, 0.25) is 5.91 Å². The average molecular weight is 279 g/mol. The maximum Gasteiger partial charge on any atom is 0.237 e. The highest BCUT2D eigenvalue weighted by Crippen LogP contribution is 2.32. The molecule has 0 aromatic heterocycles. The highest BCUT2D eigenvalue weighted by molar-refractivity contribution is 5.79. The van der Waals surface area contributed by atoms with E-state index in [4.69, 9.17) is 0 Å². The van der Waals surface area contributed by atoms with E-state index in [9.17, 15) is 15.2 Å². The molecule has 0 aromatic rings. The lowest BCUT2D eigenvalue weighted by Gasteiger charge is -2.40. The second-order valence-electron chi connectivity index (χ2n) is 6.11. The van der Waals surface area contributed by atoms with Crippen molar-refractivity contribution in [3.63, 3.8) is 0 Å². The van der Waals surface area contributed by atoms with Crippen molar-refractivity contribution in [3.05, 3.63) is 0 Å². The second-order valence-corrected chi connectivity index (χ2v) is 6.11. The monoisotopic (exact) mass is 279 g/mol. The lowest BCUT2D eigenvalue weighted by atomic mass is 9.81. The SMILES string of the molecule is CN(C(=O)CN1CCC[C@H]1CO)C1(C#N)CCCCC1. The topological polar surface area (TPSA) is 67.6 Å². The van der Waals surface area contributed by atoms with Gasteiger partial charge in [0.25, 0.3) is 0 Å². The summed E-state index contributed by atoms with van der Waals surface area (Å²) in [6.07, 6.45) is 6.76. The zero-order valence-corrected chi connectivity index (χ0v) is 12.3. The van der Waals surface area contributed by atoms with Crippen molar-refractivity contribution in [3.8, 4) is 6.07 Å². The Balaban J connectivity index is 1.99. The van der Waals surface area contributed by atoms with Gasteiger partial charge < -0.3 is 10.0 Å². The summed E-state index contributed by atoms with van der Waals surface area (Å²) < 4.78 is 0. The fraction of sp³-hybridized carbons (Fsp3) is 0.867. The van der Waals surface area contributed by atoms with Gasteiger partial charge in [-0.3, -0.25) is 9.69 Å². The van der Waals surface area contributed by atoms with Crippen LogP contribution in [0.25, 0.3) is 0 Å². The van der Waals surface area contributed by atoms with E-state index in [1.807, 2.05) is 4.90 Å². The van der Waals surface area contributed by atoms with Gasteiger partial charge in [-0.05, 0) is 32.2 Å². The highest BCUT2D eigenvalue weighted by atomic mass is 16.3. The zero-order valence-electron chi connectivity index (χ0n) is 12.3. The number of rotatable bonds is 4. The van der Waals surface area contributed by atoms with Crippen LogP contribution in [0.4, 0.5) is 0 Å². The van der Waals surface area contributed by atoms with Crippen molar-refractivity contribution in [2.45, 2.75) is 56.5 Å². The third-order valence-corrected chi connectivity index (χ3v) is 4.95. The fourth-order valence-corrected chi connectivity index (χ4v) is 3.49. The van der Waals surface area contributed by atoms with Crippen LogP contribution in [0.2, 0.25) is 0 Å². The third kappa shape index (κ3) is 2.97. The van der Waals surface area contributed by atoms with E-state index in [-0.39, 0.29) is 18.6 Å². The highest BCUT2D eigenvalue weighted by Gasteiger charge is 2.39. The predicted molar refractivity (Wildman–Crippen MR) is 75.9 cm³/mol. The summed E-state index contributed by atoms with van der Waals surface area (Å²) in [6.45, 7) is 1.30. The van der Waals surface area contributed by atoms with Crippen LogP contribution < -0.4 is 0 Å². The Bertz CT molecular complexity index is 385. The number of likely N-dealkylation sites (N-methyl/N-ethyl adjacent to an activating group) is 1. The first kappa shape index (κ1) is 15.3. The fourth-order valence-electron chi connectivity index (χ4n) is 3.49. The molecule has 2 aliphatic rings. The molecule has 112 valence electrons. The number of amides is 1. The normalized spacial score (nSPS) is 26.1. The van der Waals surface area contributed by atoms with Crippen LogP contribution >= 0.6 is 0 Å². The molecule has 0 bridgehead atoms. The zero-order chi connectivity index (χ0) is 14.6. The van der Waals surface area contributed by atoms with E-state index >= 15 is 0 Å². The number of hydrogen-bond donors (Lipinski definition) is 1. The molecule has 5 heteroatoms. The molecule has 1 amide bonds. The van der Waals surface area contributed by atoms with Crippen molar-refractivity contribution in [1.29, 1.82) is 5.26 Å². The summed E-state index contributed by atoms with van der Waals surface area (Å²) in [5.74, 6) is 0.00815. The Morgan fingerprint density at radius 1 is 1.40 bits per heavy atom. The molecule has 5 nitrogen and oxygen atoms in total. The first-order valence-corrected chi connectivity index (χ1v) is 7.66. The molecule has 0 radical (unpaired) electrons. The minimum Gasteiger partial charge on any atom is -0.395 e. The summed E-state index contributed by atoms with van der Waals surface area (Å²) in [4.78, 5) is 16.2. The van der Waals surface area contributed by atoms with Gasteiger partial charge in [-0.25, -0.2) is 0 Å². The summed E-state index contributed by atoms with van der Waals surface area (Å²) in [5, 5.41) is 18.8. The lowest BCUT2D eigenvalue weighted by molar-refractivity contribution is -0.136. The molecule has 1 heterocycles. The van der Waals surface area contributed by atoms with E-state index < -0.39 is 5.54 Å². The molecule has 1 atom stereocenters. The Hall–Kier alpha value is -1.12. The van der Waals surface area contributed by atoms with Crippen LogP contribution in [0.1, 0.15) is 44.9 Å². The maximum atomic E-state index is 12.5. The van der Waals surface area contributed by atoms with Gasteiger partial charge in [0.15, 0.2) is 0 Å². The van der Waals surface area contributed by atoms with Gasteiger partial charge >= 0.3 is 0 Å². The molecular formula is C15H25N3O2. The molecule has 1 saturated carbocycles. The van der Waals surface area contributed by atoms with Crippen molar-refractivity contribution >= 4 is 5.91 Å². The van der Waals surface area contributed by atoms with Crippen LogP contribution in [-0.4, -0.2) is 59.1 Å². The summed E-state index contributed by atoms with van der Waals surface area (Å²) in [7, 11) is 1.76. The molecule has 1 N–H and O–H groups in total. The van der Waals surface area contributed by atoms with Gasteiger partial charge in [0, 0.05) is 13.1 Å². The van der Waals surface area contributed by atoms with E-state index in [2.05, 4.69) is 6.07 Å². The van der Waals surface area contributed by atoms with Crippen LogP contribution in [0.5, 0.6) is 0 Å². The largest absolute Gasteiger partial charge is 0.395 e. The standard InChI is InChI=1S/C15H25N3O2/c1-17(15(12-16)7-3-2-4-8-15)14(20)10-18-9-5-6-13(18)11-19/h13,19H,2-11H2,1H3/t13-/m0/s1. The van der Waals surface area contributed by atoms with Crippen LogP contribution in [0.15, 0.2) is 0 Å². The number of aliphatic hydroxyl groups is 1. The molecule has 0 spiro atoms. The molecule has 0 aromatic carbocycles. The number of nitrogens with zero attached hydrogens (tertiary/aromatic N) is 3. The molecule has 0 unspecified atom stereocenters. The number of likely N-dealkylation sites (tertiary alicyclic amines) is 1. The smallest absolute Gasteiger partial charge is 0.237 e. The molecule has 2 rings (SSSR count).